The molecule has 0 aliphatic heterocycles. The molecule has 1 rings (SSSR count). The minimum Gasteiger partial charge on any atom is -0.462 e. The molecular weight excluding hydrogens is 208 g/mol. The van der Waals surface area contributed by atoms with E-state index in [2.05, 4.69) is 19.6 Å². The maximum Gasteiger partial charge on any atom is 0.333 e. The summed E-state index contributed by atoms with van der Waals surface area (Å²) in [7, 11) is 0. The van der Waals surface area contributed by atoms with E-state index in [1.165, 1.54) is 4.88 Å². The Morgan fingerprint density at radius 2 is 2.40 bits per heavy atom. The van der Waals surface area contributed by atoms with Crippen LogP contribution >= 0.6 is 11.3 Å². The molecule has 0 amide bonds. The van der Waals surface area contributed by atoms with E-state index >= 15 is 0 Å². The highest BCUT2D eigenvalue weighted by Crippen LogP contribution is 2.24. The Labute approximate surface area is 94.6 Å². The second kappa shape index (κ2) is 5.71. The number of carbonyl (C=O) groups is 1. The Morgan fingerprint density at radius 1 is 1.67 bits per heavy atom. The average Bonchev–Trinajstić information content (AvgIpc) is 2.71. The number of thiophene rings is 1. The topological polar surface area (TPSA) is 26.3 Å². The van der Waals surface area contributed by atoms with Crippen molar-refractivity contribution < 1.29 is 9.53 Å². The van der Waals surface area contributed by atoms with E-state index in [-0.39, 0.29) is 5.97 Å². The number of ether oxygens (including phenoxy) is 1. The van der Waals surface area contributed by atoms with Crippen LogP contribution in [0.15, 0.2) is 29.7 Å². The van der Waals surface area contributed by atoms with E-state index in [1.54, 1.807) is 18.3 Å². The van der Waals surface area contributed by atoms with Gasteiger partial charge in [-0.2, -0.15) is 0 Å². The number of rotatable bonds is 5. The van der Waals surface area contributed by atoms with Crippen LogP contribution in [0, 0.1) is 0 Å². The zero-order valence-electron chi connectivity index (χ0n) is 9.16. The number of esters is 1. The number of carbonyl (C=O) groups excluding carboxylic acids is 1. The van der Waals surface area contributed by atoms with E-state index in [1.807, 2.05) is 11.4 Å². The molecule has 0 radical (unpaired) electrons. The van der Waals surface area contributed by atoms with Crippen LogP contribution in [0.1, 0.15) is 31.1 Å². The van der Waals surface area contributed by atoms with Crippen LogP contribution in [-0.4, -0.2) is 12.6 Å². The Hall–Kier alpha value is -1.09. The standard InChI is InChI=1S/C12H16O2S/c1-4-10(11-6-5-7-15-11)8-14-12(13)9(2)3/h5-7,10H,2,4,8H2,1,3H3. The monoisotopic (exact) mass is 224 g/mol. The summed E-state index contributed by atoms with van der Waals surface area (Å²) in [4.78, 5) is 12.5. The summed E-state index contributed by atoms with van der Waals surface area (Å²) in [5.41, 5.74) is 0.455. The molecule has 0 N–H and O–H groups in total. The van der Waals surface area contributed by atoms with Crippen LogP contribution < -0.4 is 0 Å². The van der Waals surface area contributed by atoms with Gasteiger partial charge in [0.15, 0.2) is 0 Å². The van der Waals surface area contributed by atoms with Gasteiger partial charge >= 0.3 is 5.97 Å². The molecule has 3 heteroatoms. The lowest BCUT2D eigenvalue weighted by Gasteiger charge is -2.13. The Balaban J connectivity index is 2.49. The van der Waals surface area contributed by atoms with Gasteiger partial charge in [-0.1, -0.05) is 19.6 Å². The Morgan fingerprint density at radius 3 is 2.87 bits per heavy atom. The molecule has 0 saturated carbocycles. The SMILES string of the molecule is C=C(C)C(=O)OCC(CC)c1cccs1. The van der Waals surface area contributed by atoms with Gasteiger partial charge in [0.1, 0.15) is 0 Å². The molecule has 0 aromatic carbocycles. The van der Waals surface area contributed by atoms with E-state index in [0.717, 1.165) is 6.42 Å². The Bertz CT molecular complexity index is 327. The molecule has 1 heterocycles. The van der Waals surface area contributed by atoms with Gasteiger partial charge in [-0.25, -0.2) is 4.79 Å². The predicted molar refractivity (Wildman–Crippen MR) is 63.1 cm³/mol. The summed E-state index contributed by atoms with van der Waals surface area (Å²) < 4.78 is 5.15. The molecule has 2 nitrogen and oxygen atoms in total. The quantitative estimate of drug-likeness (QED) is 0.566. The molecule has 1 unspecified atom stereocenters. The van der Waals surface area contributed by atoms with Crippen molar-refractivity contribution in [2.75, 3.05) is 6.61 Å². The fourth-order valence-corrected chi connectivity index (χ4v) is 2.12. The van der Waals surface area contributed by atoms with E-state index < -0.39 is 0 Å². The number of hydrogen-bond donors (Lipinski definition) is 0. The van der Waals surface area contributed by atoms with Gasteiger partial charge in [-0.15, -0.1) is 11.3 Å². The first kappa shape index (κ1) is 12.0. The summed E-state index contributed by atoms with van der Waals surface area (Å²) in [5.74, 6) is 0.0123. The van der Waals surface area contributed by atoms with Crippen LogP contribution in [-0.2, 0) is 9.53 Å². The van der Waals surface area contributed by atoms with Gasteiger partial charge in [0.05, 0.1) is 6.61 Å². The third-order valence-electron chi connectivity index (χ3n) is 2.20. The van der Waals surface area contributed by atoms with Gasteiger partial charge in [0, 0.05) is 16.4 Å². The van der Waals surface area contributed by atoms with Gasteiger partial charge in [0.2, 0.25) is 0 Å². The van der Waals surface area contributed by atoms with E-state index in [9.17, 15) is 4.79 Å². The fraction of sp³-hybridized carbons (Fsp3) is 0.417. The second-order valence-electron chi connectivity index (χ2n) is 3.50. The summed E-state index contributed by atoms with van der Waals surface area (Å²) in [6.45, 7) is 7.75. The first-order valence-corrected chi connectivity index (χ1v) is 5.89. The minimum absolute atomic E-state index is 0.301. The maximum absolute atomic E-state index is 11.2. The molecule has 0 fully saturated rings. The molecule has 0 aliphatic carbocycles. The third-order valence-corrected chi connectivity index (χ3v) is 3.24. The normalized spacial score (nSPS) is 12.1. The lowest BCUT2D eigenvalue weighted by Crippen LogP contribution is -2.12. The van der Waals surface area contributed by atoms with Crippen LogP contribution in [0.2, 0.25) is 0 Å². The smallest absolute Gasteiger partial charge is 0.333 e. The molecule has 1 aromatic rings. The predicted octanol–water partition coefficient (Wildman–Crippen LogP) is 3.36. The van der Waals surface area contributed by atoms with Gasteiger partial charge in [-0.3, -0.25) is 0 Å². The van der Waals surface area contributed by atoms with Crippen molar-refractivity contribution in [3.8, 4) is 0 Å². The highest BCUT2D eigenvalue weighted by Gasteiger charge is 2.13. The summed E-state index contributed by atoms with van der Waals surface area (Å²) in [6, 6.07) is 4.09. The van der Waals surface area contributed by atoms with E-state index in [4.69, 9.17) is 4.74 Å². The minimum atomic E-state index is -0.301. The van der Waals surface area contributed by atoms with Crippen LogP contribution in [0.5, 0.6) is 0 Å². The molecule has 15 heavy (non-hydrogen) atoms. The molecular formula is C12H16O2S. The van der Waals surface area contributed by atoms with Crippen molar-refractivity contribution in [2.45, 2.75) is 26.2 Å². The number of hydrogen-bond acceptors (Lipinski definition) is 3. The Kier molecular flexibility index (Phi) is 4.56. The molecule has 0 aliphatic rings. The average molecular weight is 224 g/mol. The van der Waals surface area contributed by atoms with Crippen LogP contribution in [0.25, 0.3) is 0 Å². The van der Waals surface area contributed by atoms with Crippen molar-refractivity contribution in [3.05, 3.63) is 34.5 Å². The van der Waals surface area contributed by atoms with Crippen molar-refractivity contribution in [1.82, 2.24) is 0 Å². The zero-order valence-corrected chi connectivity index (χ0v) is 9.97. The van der Waals surface area contributed by atoms with E-state index in [0.29, 0.717) is 18.1 Å². The molecule has 82 valence electrons. The van der Waals surface area contributed by atoms with Gasteiger partial charge in [0.25, 0.3) is 0 Å². The lowest BCUT2D eigenvalue weighted by molar-refractivity contribution is -0.139. The summed E-state index contributed by atoms with van der Waals surface area (Å²) in [5, 5.41) is 2.04. The molecule has 0 bridgehead atoms. The molecule has 1 atom stereocenters. The molecule has 0 spiro atoms. The highest BCUT2D eigenvalue weighted by molar-refractivity contribution is 7.10. The lowest BCUT2D eigenvalue weighted by atomic mass is 10.1. The largest absolute Gasteiger partial charge is 0.462 e. The van der Waals surface area contributed by atoms with Crippen molar-refractivity contribution >= 4 is 17.3 Å². The van der Waals surface area contributed by atoms with Crippen molar-refractivity contribution in [1.29, 1.82) is 0 Å². The summed E-state index contributed by atoms with van der Waals surface area (Å²) in [6.07, 6.45) is 0.976. The first-order valence-electron chi connectivity index (χ1n) is 5.01. The van der Waals surface area contributed by atoms with Gasteiger partial charge in [-0.05, 0) is 24.8 Å². The molecule has 0 saturated heterocycles. The third kappa shape index (κ3) is 3.51. The van der Waals surface area contributed by atoms with Gasteiger partial charge < -0.3 is 4.74 Å². The first-order chi connectivity index (χ1) is 7.15. The van der Waals surface area contributed by atoms with Crippen LogP contribution in [0.4, 0.5) is 0 Å². The fourth-order valence-electron chi connectivity index (χ4n) is 1.22. The van der Waals surface area contributed by atoms with Crippen molar-refractivity contribution in [3.63, 3.8) is 0 Å². The maximum atomic E-state index is 11.2. The van der Waals surface area contributed by atoms with Crippen molar-refractivity contribution in [2.24, 2.45) is 0 Å². The zero-order chi connectivity index (χ0) is 11.3. The highest BCUT2D eigenvalue weighted by atomic mass is 32.1. The molecule has 1 aromatic heterocycles. The summed E-state index contributed by atoms with van der Waals surface area (Å²) >= 11 is 1.70. The van der Waals surface area contributed by atoms with Crippen LogP contribution in [0.3, 0.4) is 0 Å². The second-order valence-corrected chi connectivity index (χ2v) is 4.48.